The maximum absolute atomic E-state index is 13.0. The van der Waals surface area contributed by atoms with E-state index in [1.165, 1.54) is 0 Å². The molecule has 1 aliphatic heterocycles. The SMILES string of the molecule is CC(=O)O[C@@H]1[C@@H](OC(C)=O)[C@H](CF)O[C@H](O)[C@@H]1OC(C)=O. The first-order valence-corrected chi connectivity index (χ1v) is 6.17. The molecule has 0 spiro atoms. The smallest absolute Gasteiger partial charge is 0.303 e. The van der Waals surface area contributed by atoms with Gasteiger partial charge in [-0.05, 0) is 0 Å². The maximum Gasteiger partial charge on any atom is 0.303 e. The van der Waals surface area contributed by atoms with Gasteiger partial charge in [0.15, 0.2) is 24.6 Å². The number of halogens is 1. The zero-order valence-corrected chi connectivity index (χ0v) is 11.8. The lowest BCUT2D eigenvalue weighted by Gasteiger charge is -2.42. The second-order valence-electron chi connectivity index (χ2n) is 4.44. The molecule has 21 heavy (non-hydrogen) atoms. The molecule has 0 aliphatic carbocycles. The summed E-state index contributed by atoms with van der Waals surface area (Å²) in [5, 5.41) is 9.76. The van der Waals surface area contributed by atoms with Crippen LogP contribution in [0.3, 0.4) is 0 Å². The van der Waals surface area contributed by atoms with Gasteiger partial charge in [0, 0.05) is 20.8 Å². The fraction of sp³-hybridized carbons (Fsp3) is 0.750. The van der Waals surface area contributed by atoms with Gasteiger partial charge in [-0.2, -0.15) is 0 Å². The number of hydrogen-bond acceptors (Lipinski definition) is 8. The predicted molar refractivity (Wildman–Crippen MR) is 63.5 cm³/mol. The summed E-state index contributed by atoms with van der Waals surface area (Å²) < 4.78 is 32.5. The van der Waals surface area contributed by atoms with Gasteiger partial charge in [-0.25, -0.2) is 4.39 Å². The molecule has 9 heteroatoms. The van der Waals surface area contributed by atoms with Crippen molar-refractivity contribution in [2.75, 3.05) is 6.67 Å². The summed E-state index contributed by atoms with van der Waals surface area (Å²) in [5.41, 5.74) is 0. The lowest BCUT2D eigenvalue weighted by molar-refractivity contribution is -0.292. The van der Waals surface area contributed by atoms with Crippen LogP contribution < -0.4 is 0 Å². The first-order valence-electron chi connectivity index (χ1n) is 6.17. The summed E-state index contributed by atoms with van der Waals surface area (Å²) in [6.07, 6.45) is -7.21. The molecule has 0 radical (unpaired) electrons. The molecule has 0 aromatic carbocycles. The normalized spacial score (nSPS) is 32.1. The molecule has 1 N–H and O–H groups in total. The molecule has 1 aliphatic rings. The van der Waals surface area contributed by atoms with E-state index in [-0.39, 0.29) is 0 Å². The lowest BCUT2D eigenvalue weighted by Crippen LogP contribution is -2.61. The topological polar surface area (TPSA) is 108 Å². The van der Waals surface area contributed by atoms with Crippen molar-refractivity contribution in [3.05, 3.63) is 0 Å². The molecule has 0 bridgehead atoms. The Morgan fingerprint density at radius 1 is 0.952 bits per heavy atom. The summed E-state index contributed by atoms with van der Waals surface area (Å²) in [6.45, 7) is 2.12. The van der Waals surface area contributed by atoms with E-state index in [2.05, 4.69) is 0 Å². The second kappa shape index (κ2) is 7.32. The van der Waals surface area contributed by atoms with E-state index in [4.69, 9.17) is 18.9 Å². The number of rotatable bonds is 4. The molecular weight excluding hydrogens is 291 g/mol. The number of alkyl halides is 1. The number of hydrogen-bond donors (Lipinski definition) is 1. The van der Waals surface area contributed by atoms with Gasteiger partial charge in [-0.1, -0.05) is 0 Å². The van der Waals surface area contributed by atoms with E-state index in [0.29, 0.717) is 0 Å². The Balaban J connectivity index is 3.08. The van der Waals surface area contributed by atoms with Crippen LogP contribution in [0, 0.1) is 0 Å². The Bertz CT molecular complexity index is 412. The third kappa shape index (κ3) is 4.64. The van der Waals surface area contributed by atoms with Crippen LogP contribution >= 0.6 is 0 Å². The monoisotopic (exact) mass is 308 g/mol. The van der Waals surface area contributed by atoms with Gasteiger partial charge >= 0.3 is 17.9 Å². The molecule has 1 heterocycles. The molecule has 0 aromatic heterocycles. The largest absolute Gasteiger partial charge is 0.456 e. The number of esters is 3. The van der Waals surface area contributed by atoms with Crippen LogP contribution in [0.1, 0.15) is 20.8 Å². The van der Waals surface area contributed by atoms with Crippen LogP contribution in [-0.2, 0) is 33.3 Å². The van der Waals surface area contributed by atoms with E-state index in [1.54, 1.807) is 0 Å². The highest BCUT2D eigenvalue weighted by atomic mass is 19.1. The molecule has 1 rings (SSSR count). The first-order chi connectivity index (χ1) is 9.76. The van der Waals surface area contributed by atoms with Gasteiger partial charge in [0.05, 0.1) is 0 Å². The van der Waals surface area contributed by atoms with Crippen molar-refractivity contribution >= 4 is 17.9 Å². The predicted octanol–water partition coefficient (Wildman–Crippen LogP) is -0.532. The molecule has 0 saturated carbocycles. The summed E-state index contributed by atoms with van der Waals surface area (Å²) in [7, 11) is 0. The summed E-state index contributed by atoms with van der Waals surface area (Å²) in [4.78, 5) is 33.3. The zero-order valence-electron chi connectivity index (χ0n) is 11.8. The highest BCUT2D eigenvalue weighted by molar-refractivity contribution is 5.68. The Morgan fingerprint density at radius 3 is 1.81 bits per heavy atom. The van der Waals surface area contributed by atoms with Crippen molar-refractivity contribution in [2.24, 2.45) is 0 Å². The number of ether oxygens (including phenoxy) is 4. The molecule has 0 aromatic rings. The highest BCUT2D eigenvalue weighted by Crippen LogP contribution is 2.28. The van der Waals surface area contributed by atoms with Crippen molar-refractivity contribution in [1.82, 2.24) is 0 Å². The minimum absolute atomic E-state index is 0.767. The average molecular weight is 308 g/mol. The van der Waals surface area contributed by atoms with Gasteiger partial charge in [-0.3, -0.25) is 14.4 Å². The number of carbonyl (C=O) groups excluding carboxylic acids is 3. The fourth-order valence-corrected chi connectivity index (χ4v) is 2.00. The molecule has 8 nitrogen and oxygen atoms in total. The van der Waals surface area contributed by atoms with Crippen molar-refractivity contribution in [3.63, 3.8) is 0 Å². The Morgan fingerprint density at radius 2 is 1.38 bits per heavy atom. The number of aliphatic hydroxyl groups excluding tert-OH is 1. The molecule has 1 fully saturated rings. The van der Waals surface area contributed by atoms with Gasteiger partial charge in [0.25, 0.3) is 0 Å². The fourth-order valence-electron chi connectivity index (χ4n) is 2.00. The molecule has 0 amide bonds. The Labute approximate surface area is 120 Å². The summed E-state index contributed by atoms with van der Waals surface area (Å²) in [5.74, 6) is -2.32. The van der Waals surface area contributed by atoms with Crippen molar-refractivity contribution in [3.8, 4) is 0 Å². The van der Waals surface area contributed by atoms with E-state index in [0.717, 1.165) is 20.8 Å². The molecule has 0 unspecified atom stereocenters. The molecular formula is C12H17FO8. The molecule has 5 atom stereocenters. The zero-order chi connectivity index (χ0) is 16.2. The number of aliphatic hydroxyl groups is 1. The van der Waals surface area contributed by atoms with Gasteiger partial charge < -0.3 is 24.1 Å². The van der Waals surface area contributed by atoms with Crippen molar-refractivity contribution in [2.45, 2.75) is 51.5 Å². The Hall–Kier alpha value is -1.74. The van der Waals surface area contributed by atoms with Crippen LogP contribution in [0.25, 0.3) is 0 Å². The van der Waals surface area contributed by atoms with Crippen LogP contribution in [0.15, 0.2) is 0 Å². The molecule has 1 saturated heterocycles. The first kappa shape index (κ1) is 17.3. The van der Waals surface area contributed by atoms with Crippen LogP contribution in [0.5, 0.6) is 0 Å². The second-order valence-corrected chi connectivity index (χ2v) is 4.44. The van der Waals surface area contributed by atoms with E-state index < -0.39 is 55.3 Å². The standard InChI is InChI=1S/C12H17FO8/c1-5(14)18-9-8(4-13)21-12(17)11(20-7(3)16)10(9)19-6(2)15/h8-12,17H,4H2,1-3H3/t8-,9-,10+,11+,12-/m0/s1. The summed E-state index contributed by atoms with van der Waals surface area (Å²) in [6, 6.07) is 0. The van der Waals surface area contributed by atoms with Crippen molar-refractivity contribution < 1.29 is 42.8 Å². The minimum atomic E-state index is -1.72. The van der Waals surface area contributed by atoms with E-state index in [1.807, 2.05) is 0 Å². The van der Waals surface area contributed by atoms with Gasteiger partial charge in [0.1, 0.15) is 12.8 Å². The maximum atomic E-state index is 13.0. The Kier molecular flexibility index (Phi) is 6.03. The van der Waals surface area contributed by atoms with Crippen LogP contribution in [-0.4, -0.2) is 60.4 Å². The average Bonchev–Trinajstić information content (AvgIpc) is 2.35. The van der Waals surface area contributed by atoms with Gasteiger partial charge in [-0.15, -0.1) is 0 Å². The van der Waals surface area contributed by atoms with Gasteiger partial charge in [0.2, 0.25) is 0 Å². The summed E-state index contributed by atoms with van der Waals surface area (Å²) >= 11 is 0. The third-order valence-electron chi connectivity index (χ3n) is 2.67. The van der Waals surface area contributed by atoms with Crippen molar-refractivity contribution in [1.29, 1.82) is 0 Å². The molecule has 120 valence electrons. The quantitative estimate of drug-likeness (QED) is 0.545. The minimum Gasteiger partial charge on any atom is -0.456 e. The number of carbonyl (C=O) groups is 3. The van der Waals surface area contributed by atoms with Crippen LogP contribution in [0.2, 0.25) is 0 Å². The van der Waals surface area contributed by atoms with E-state index in [9.17, 15) is 23.9 Å². The van der Waals surface area contributed by atoms with Crippen LogP contribution in [0.4, 0.5) is 4.39 Å². The van der Waals surface area contributed by atoms with E-state index >= 15 is 0 Å². The lowest BCUT2D eigenvalue weighted by atomic mass is 9.98. The third-order valence-corrected chi connectivity index (χ3v) is 2.67. The highest BCUT2D eigenvalue weighted by Gasteiger charge is 2.51.